The van der Waals surface area contributed by atoms with Crippen molar-refractivity contribution in [1.82, 2.24) is 5.32 Å². The number of aliphatic hydroxyl groups is 1. The number of hydrogen-bond donors (Lipinski definition) is 5. The largest absolute Gasteiger partial charge is 0.480 e. The highest BCUT2D eigenvalue weighted by atomic mass is 16.4. The van der Waals surface area contributed by atoms with Gasteiger partial charge in [-0.3, -0.25) is 4.79 Å². The molecule has 0 heterocycles. The van der Waals surface area contributed by atoms with Gasteiger partial charge < -0.3 is 26.2 Å². The Morgan fingerprint density at radius 3 is 2.05 bits per heavy atom. The maximum atomic E-state index is 11.6. The van der Waals surface area contributed by atoms with Gasteiger partial charge >= 0.3 is 12.0 Å². The average molecular weight is 295 g/mol. The Labute approximate surface area is 121 Å². The molecule has 1 rings (SSSR count). The maximum Gasteiger partial charge on any atom is 0.326 e. The Kier molecular flexibility index (Phi) is 6.15. The molecule has 0 saturated carbocycles. The van der Waals surface area contributed by atoms with Crippen LogP contribution in [0.3, 0.4) is 0 Å². The molecule has 21 heavy (non-hydrogen) atoms. The van der Waals surface area contributed by atoms with E-state index in [-0.39, 0.29) is 18.9 Å². The number of hydrogen-bond acceptors (Lipinski definition) is 4. The van der Waals surface area contributed by atoms with E-state index in [1.165, 1.54) is 6.92 Å². The lowest BCUT2D eigenvalue weighted by Gasteiger charge is -2.14. The Morgan fingerprint density at radius 2 is 1.62 bits per heavy atom. The van der Waals surface area contributed by atoms with E-state index in [1.54, 1.807) is 24.3 Å². The monoisotopic (exact) mass is 295 g/mol. The van der Waals surface area contributed by atoms with Crippen LogP contribution in [0.1, 0.15) is 13.3 Å². The molecular weight excluding hydrogens is 278 g/mol. The first-order chi connectivity index (χ1) is 9.92. The third-order valence-electron chi connectivity index (χ3n) is 2.48. The SMILES string of the molecule is CC(=O)Nc1ccc(NC(=O)NC(CCO)C(=O)O)cc1. The number of rotatable bonds is 6. The minimum absolute atomic E-state index is 0.0791. The van der Waals surface area contributed by atoms with Gasteiger partial charge in [0.1, 0.15) is 6.04 Å². The van der Waals surface area contributed by atoms with E-state index in [0.717, 1.165) is 0 Å². The van der Waals surface area contributed by atoms with Crippen LogP contribution >= 0.6 is 0 Å². The second kappa shape index (κ2) is 7.85. The molecule has 0 aliphatic rings. The summed E-state index contributed by atoms with van der Waals surface area (Å²) in [6.45, 7) is 1.04. The van der Waals surface area contributed by atoms with Crippen LogP contribution in [0.2, 0.25) is 0 Å². The summed E-state index contributed by atoms with van der Waals surface area (Å²) in [7, 11) is 0. The number of aliphatic hydroxyl groups excluding tert-OH is 1. The van der Waals surface area contributed by atoms with Crippen LogP contribution in [0.4, 0.5) is 16.2 Å². The van der Waals surface area contributed by atoms with E-state index in [2.05, 4.69) is 16.0 Å². The van der Waals surface area contributed by atoms with Gasteiger partial charge in [0.25, 0.3) is 0 Å². The van der Waals surface area contributed by atoms with E-state index < -0.39 is 18.0 Å². The standard InChI is InChI=1S/C13H17N3O5/c1-8(18)14-9-2-4-10(5-3-9)15-13(21)16-11(6-7-17)12(19)20/h2-5,11,17H,6-7H2,1H3,(H,14,18)(H,19,20)(H2,15,16,21). The van der Waals surface area contributed by atoms with Gasteiger partial charge in [-0.25, -0.2) is 9.59 Å². The quantitative estimate of drug-likeness (QED) is 0.525. The molecule has 0 bridgehead atoms. The Morgan fingerprint density at radius 1 is 1.10 bits per heavy atom. The third kappa shape index (κ3) is 5.91. The van der Waals surface area contributed by atoms with Crippen molar-refractivity contribution in [2.75, 3.05) is 17.2 Å². The predicted octanol–water partition coefficient (Wildman–Crippen LogP) is 0.602. The lowest BCUT2D eigenvalue weighted by atomic mass is 10.2. The average Bonchev–Trinajstić information content (AvgIpc) is 2.40. The number of nitrogens with one attached hydrogen (secondary N) is 3. The summed E-state index contributed by atoms with van der Waals surface area (Å²) in [5.74, 6) is -1.43. The van der Waals surface area contributed by atoms with Gasteiger partial charge in [-0.05, 0) is 24.3 Å². The molecule has 0 saturated heterocycles. The van der Waals surface area contributed by atoms with Crippen LogP contribution in [0.25, 0.3) is 0 Å². The molecule has 114 valence electrons. The fraction of sp³-hybridized carbons (Fsp3) is 0.308. The lowest BCUT2D eigenvalue weighted by Crippen LogP contribution is -2.43. The van der Waals surface area contributed by atoms with Crippen LogP contribution in [0, 0.1) is 0 Å². The molecule has 0 spiro atoms. The second-order valence-corrected chi connectivity index (χ2v) is 4.26. The second-order valence-electron chi connectivity index (χ2n) is 4.26. The number of carboxylic acid groups (broad SMARTS) is 1. The fourth-order valence-electron chi connectivity index (χ4n) is 1.55. The number of benzene rings is 1. The van der Waals surface area contributed by atoms with Crippen molar-refractivity contribution in [1.29, 1.82) is 0 Å². The Bertz CT molecular complexity index is 515. The summed E-state index contributed by atoms with van der Waals surface area (Å²) in [5, 5.41) is 24.8. The van der Waals surface area contributed by atoms with E-state index in [9.17, 15) is 14.4 Å². The zero-order valence-electron chi connectivity index (χ0n) is 11.4. The summed E-state index contributed by atoms with van der Waals surface area (Å²) in [5.41, 5.74) is 1.02. The molecule has 8 heteroatoms. The smallest absolute Gasteiger partial charge is 0.326 e. The molecule has 1 unspecified atom stereocenters. The van der Waals surface area contributed by atoms with E-state index in [1.807, 2.05) is 0 Å². The number of carboxylic acids is 1. The number of carbonyl (C=O) groups is 3. The number of anilines is 2. The summed E-state index contributed by atoms with van der Waals surface area (Å²) in [6, 6.07) is 4.47. The van der Waals surface area contributed by atoms with Gasteiger partial charge in [-0.1, -0.05) is 0 Å². The van der Waals surface area contributed by atoms with Crippen molar-refractivity contribution in [3.8, 4) is 0 Å². The molecule has 8 nitrogen and oxygen atoms in total. The molecule has 0 fully saturated rings. The summed E-state index contributed by atoms with van der Waals surface area (Å²) < 4.78 is 0. The van der Waals surface area contributed by atoms with Gasteiger partial charge in [-0.2, -0.15) is 0 Å². The molecular formula is C13H17N3O5. The molecule has 5 N–H and O–H groups in total. The highest BCUT2D eigenvalue weighted by Gasteiger charge is 2.19. The number of urea groups is 1. The van der Waals surface area contributed by atoms with Gasteiger partial charge in [0.2, 0.25) is 5.91 Å². The van der Waals surface area contributed by atoms with Crippen molar-refractivity contribution in [2.24, 2.45) is 0 Å². The Balaban J connectivity index is 2.57. The lowest BCUT2D eigenvalue weighted by molar-refractivity contribution is -0.139. The van der Waals surface area contributed by atoms with Crippen LogP contribution in [-0.4, -0.2) is 40.8 Å². The van der Waals surface area contributed by atoms with Gasteiger partial charge in [0.15, 0.2) is 0 Å². The molecule has 1 aromatic rings. The predicted molar refractivity (Wildman–Crippen MR) is 76.0 cm³/mol. The fourth-order valence-corrected chi connectivity index (χ4v) is 1.55. The minimum atomic E-state index is -1.22. The van der Waals surface area contributed by atoms with Gasteiger partial charge in [-0.15, -0.1) is 0 Å². The number of amides is 3. The van der Waals surface area contributed by atoms with E-state index in [4.69, 9.17) is 10.2 Å². The Hall–Kier alpha value is -2.61. The maximum absolute atomic E-state index is 11.6. The summed E-state index contributed by atoms with van der Waals surface area (Å²) in [4.78, 5) is 33.3. The first-order valence-corrected chi connectivity index (χ1v) is 6.21. The van der Waals surface area contributed by atoms with E-state index in [0.29, 0.717) is 11.4 Å². The summed E-state index contributed by atoms with van der Waals surface area (Å²) in [6.07, 6.45) is -0.0791. The first kappa shape index (κ1) is 16.4. The van der Waals surface area contributed by atoms with Crippen LogP contribution in [0.15, 0.2) is 24.3 Å². The van der Waals surface area contributed by atoms with Crippen LogP contribution in [-0.2, 0) is 9.59 Å². The van der Waals surface area contributed by atoms with E-state index >= 15 is 0 Å². The molecule has 0 radical (unpaired) electrons. The molecule has 0 aliphatic carbocycles. The van der Waals surface area contributed by atoms with Crippen molar-refractivity contribution in [3.63, 3.8) is 0 Å². The number of carbonyl (C=O) groups excluding carboxylic acids is 2. The highest BCUT2D eigenvalue weighted by Crippen LogP contribution is 2.13. The van der Waals surface area contributed by atoms with Crippen LogP contribution in [0.5, 0.6) is 0 Å². The van der Waals surface area contributed by atoms with Gasteiger partial charge in [0.05, 0.1) is 0 Å². The number of aliphatic carboxylic acids is 1. The van der Waals surface area contributed by atoms with Crippen molar-refractivity contribution in [3.05, 3.63) is 24.3 Å². The zero-order chi connectivity index (χ0) is 15.8. The van der Waals surface area contributed by atoms with Crippen molar-refractivity contribution in [2.45, 2.75) is 19.4 Å². The molecule has 0 aromatic heterocycles. The summed E-state index contributed by atoms with van der Waals surface area (Å²) >= 11 is 0. The molecule has 0 aliphatic heterocycles. The normalized spacial score (nSPS) is 11.3. The van der Waals surface area contributed by atoms with Gasteiger partial charge in [0, 0.05) is 31.3 Å². The topological polar surface area (TPSA) is 128 Å². The zero-order valence-corrected chi connectivity index (χ0v) is 11.4. The van der Waals surface area contributed by atoms with Crippen molar-refractivity contribution >= 4 is 29.3 Å². The third-order valence-corrected chi connectivity index (χ3v) is 2.48. The molecule has 1 atom stereocenters. The highest BCUT2D eigenvalue weighted by molar-refractivity contribution is 5.93. The first-order valence-electron chi connectivity index (χ1n) is 6.21. The van der Waals surface area contributed by atoms with Crippen LogP contribution < -0.4 is 16.0 Å². The minimum Gasteiger partial charge on any atom is -0.480 e. The molecule has 3 amide bonds. The van der Waals surface area contributed by atoms with Crippen molar-refractivity contribution < 1.29 is 24.6 Å². The molecule has 1 aromatic carbocycles.